The maximum absolute atomic E-state index is 13.7. The van der Waals surface area contributed by atoms with Crippen LogP contribution in [-0.4, -0.2) is 29.4 Å². The van der Waals surface area contributed by atoms with Crippen LogP contribution in [0.2, 0.25) is 0 Å². The molecule has 3 rings (SSSR count). The first-order valence-corrected chi connectivity index (χ1v) is 8.75. The summed E-state index contributed by atoms with van der Waals surface area (Å²) in [6, 6.07) is 10.5. The van der Waals surface area contributed by atoms with Crippen molar-refractivity contribution in [3.63, 3.8) is 0 Å². The van der Waals surface area contributed by atoms with E-state index in [9.17, 15) is 14.0 Å². The Hall–Kier alpha value is -2.89. The molecule has 2 amide bonds. The first-order chi connectivity index (χ1) is 12.7. The van der Waals surface area contributed by atoms with Crippen molar-refractivity contribution in [1.82, 2.24) is 10.2 Å². The number of amides is 2. The van der Waals surface area contributed by atoms with E-state index in [0.717, 1.165) is 5.56 Å². The van der Waals surface area contributed by atoms with Crippen LogP contribution in [0.5, 0.6) is 5.75 Å². The largest absolute Gasteiger partial charge is 0.496 e. The molecular formula is C21H23FN2O3. The van der Waals surface area contributed by atoms with E-state index in [1.807, 2.05) is 39.0 Å². The van der Waals surface area contributed by atoms with Crippen LogP contribution in [0, 0.1) is 5.82 Å². The molecule has 0 fully saturated rings. The second-order valence-electron chi connectivity index (χ2n) is 7.62. The summed E-state index contributed by atoms with van der Waals surface area (Å²) in [5.74, 6) is -0.542. The molecule has 142 valence electrons. The van der Waals surface area contributed by atoms with Gasteiger partial charge in [-0.05, 0) is 44.5 Å². The lowest BCUT2D eigenvalue weighted by atomic mass is 10.0. The molecule has 1 aliphatic heterocycles. The summed E-state index contributed by atoms with van der Waals surface area (Å²) in [6.07, 6.45) is 0. The van der Waals surface area contributed by atoms with Crippen LogP contribution in [0.4, 0.5) is 4.39 Å². The Bertz CT molecular complexity index is 889. The van der Waals surface area contributed by atoms with Gasteiger partial charge in [-0.2, -0.15) is 0 Å². The van der Waals surface area contributed by atoms with Crippen molar-refractivity contribution in [3.05, 3.63) is 65.0 Å². The molecule has 0 bridgehead atoms. The Morgan fingerprint density at radius 1 is 1.22 bits per heavy atom. The van der Waals surface area contributed by atoms with Crippen LogP contribution in [0.1, 0.15) is 48.3 Å². The number of fused-ring (bicyclic) bond motifs is 1. The van der Waals surface area contributed by atoms with E-state index in [1.165, 1.54) is 23.1 Å². The first-order valence-electron chi connectivity index (χ1n) is 8.75. The standard InChI is InChI=1S/C21H23FN2O3/c1-21(2,3)23-19(25)18-15-10-9-14(22)11-16(15)20(26)24(18)12-13-7-5-6-8-17(13)27-4/h5-11,18H,12H2,1-4H3,(H,23,25). The number of ether oxygens (including phenoxy) is 1. The molecule has 1 heterocycles. The number of rotatable bonds is 4. The summed E-state index contributed by atoms with van der Waals surface area (Å²) in [7, 11) is 1.55. The molecule has 1 aliphatic rings. The highest BCUT2D eigenvalue weighted by Crippen LogP contribution is 2.37. The summed E-state index contributed by atoms with van der Waals surface area (Å²) in [4.78, 5) is 27.4. The topological polar surface area (TPSA) is 58.6 Å². The summed E-state index contributed by atoms with van der Waals surface area (Å²) in [6.45, 7) is 5.80. The molecule has 0 saturated carbocycles. The highest BCUT2D eigenvalue weighted by molar-refractivity contribution is 6.04. The van der Waals surface area contributed by atoms with Crippen LogP contribution in [0.15, 0.2) is 42.5 Å². The minimum absolute atomic E-state index is 0.182. The van der Waals surface area contributed by atoms with Gasteiger partial charge in [0.05, 0.1) is 13.7 Å². The number of carbonyl (C=O) groups is 2. The summed E-state index contributed by atoms with van der Waals surface area (Å²) in [5, 5.41) is 2.92. The van der Waals surface area contributed by atoms with Gasteiger partial charge < -0.3 is 15.0 Å². The molecule has 5 nitrogen and oxygen atoms in total. The third kappa shape index (κ3) is 3.79. The maximum Gasteiger partial charge on any atom is 0.255 e. The monoisotopic (exact) mass is 370 g/mol. The van der Waals surface area contributed by atoms with Gasteiger partial charge >= 0.3 is 0 Å². The highest BCUT2D eigenvalue weighted by atomic mass is 19.1. The van der Waals surface area contributed by atoms with E-state index in [1.54, 1.807) is 13.2 Å². The molecule has 1 atom stereocenters. The van der Waals surface area contributed by atoms with Crippen LogP contribution in [0.25, 0.3) is 0 Å². The van der Waals surface area contributed by atoms with Gasteiger partial charge in [0, 0.05) is 16.7 Å². The van der Waals surface area contributed by atoms with E-state index in [2.05, 4.69) is 5.32 Å². The Kier molecular flexibility index (Phi) is 4.91. The molecule has 0 spiro atoms. The summed E-state index contributed by atoms with van der Waals surface area (Å²) >= 11 is 0. The molecule has 2 aromatic carbocycles. The van der Waals surface area contributed by atoms with E-state index < -0.39 is 17.4 Å². The van der Waals surface area contributed by atoms with Crippen LogP contribution in [0.3, 0.4) is 0 Å². The number of para-hydroxylation sites is 1. The predicted octanol–water partition coefficient (Wildman–Crippen LogP) is 3.45. The normalized spacial score (nSPS) is 16.3. The van der Waals surface area contributed by atoms with Gasteiger partial charge in [-0.15, -0.1) is 0 Å². The zero-order valence-electron chi connectivity index (χ0n) is 15.9. The predicted molar refractivity (Wildman–Crippen MR) is 99.9 cm³/mol. The van der Waals surface area contributed by atoms with Crippen LogP contribution in [-0.2, 0) is 11.3 Å². The molecule has 0 aromatic heterocycles. The fraction of sp³-hybridized carbons (Fsp3) is 0.333. The SMILES string of the molecule is COc1ccccc1CN1C(=O)c2cc(F)ccc2C1C(=O)NC(C)(C)C. The Balaban J connectivity index is 2.02. The van der Waals surface area contributed by atoms with Gasteiger partial charge in [0.25, 0.3) is 5.91 Å². The second kappa shape index (κ2) is 7.02. The van der Waals surface area contributed by atoms with Gasteiger partial charge in [0.2, 0.25) is 5.91 Å². The Labute approximate surface area is 158 Å². The smallest absolute Gasteiger partial charge is 0.255 e. The summed E-state index contributed by atoms with van der Waals surface area (Å²) in [5.41, 5.74) is 1.05. The molecular weight excluding hydrogens is 347 g/mol. The molecule has 6 heteroatoms. The minimum Gasteiger partial charge on any atom is -0.496 e. The highest BCUT2D eigenvalue weighted by Gasteiger charge is 2.42. The molecule has 0 radical (unpaired) electrons. The number of nitrogens with zero attached hydrogens (tertiary/aromatic N) is 1. The fourth-order valence-corrected chi connectivity index (χ4v) is 3.29. The van der Waals surface area contributed by atoms with Crippen molar-refractivity contribution < 1.29 is 18.7 Å². The van der Waals surface area contributed by atoms with E-state index in [-0.39, 0.29) is 23.9 Å². The Morgan fingerprint density at radius 2 is 1.93 bits per heavy atom. The lowest BCUT2D eigenvalue weighted by Crippen LogP contribution is -2.46. The second-order valence-corrected chi connectivity index (χ2v) is 7.62. The molecule has 0 saturated heterocycles. The quantitative estimate of drug-likeness (QED) is 0.897. The number of nitrogens with one attached hydrogen (secondary N) is 1. The lowest BCUT2D eigenvalue weighted by molar-refractivity contribution is -0.127. The number of hydrogen-bond donors (Lipinski definition) is 1. The van der Waals surface area contributed by atoms with E-state index >= 15 is 0 Å². The van der Waals surface area contributed by atoms with Gasteiger partial charge in [0.1, 0.15) is 17.6 Å². The third-order valence-electron chi connectivity index (χ3n) is 4.39. The van der Waals surface area contributed by atoms with Gasteiger partial charge in [0.15, 0.2) is 0 Å². The minimum atomic E-state index is -0.822. The van der Waals surface area contributed by atoms with E-state index in [4.69, 9.17) is 4.74 Å². The van der Waals surface area contributed by atoms with Crippen molar-refractivity contribution in [2.45, 2.75) is 38.9 Å². The van der Waals surface area contributed by atoms with Crippen molar-refractivity contribution in [2.24, 2.45) is 0 Å². The first kappa shape index (κ1) is 18.9. The van der Waals surface area contributed by atoms with Crippen LogP contribution >= 0.6 is 0 Å². The van der Waals surface area contributed by atoms with Gasteiger partial charge in [-0.3, -0.25) is 9.59 Å². The van der Waals surface area contributed by atoms with Crippen molar-refractivity contribution in [3.8, 4) is 5.75 Å². The molecule has 1 unspecified atom stereocenters. The van der Waals surface area contributed by atoms with Crippen molar-refractivity contribution >= 4 is 11.8 Å². The Morgan fingerprint density at radius 3 is 2.59 bits per heavy atom. The molecule has 1 N–H and O–H groups in total. The lowest BCUT2D eigenvalue weighted by Gasteiger charge is -2.29. The van der Waals surface area contributed by atoms with Crippen LogP contribution < -0.4 is 10.1 Å². The van der Waals surface area contributed by atoms with E-state index in [0.29, 0.717) is 11.3 Å². The summed E-state index contributed by atoms with van der Waals surface area (Å²) < 4.78 is 19.1. The molecule has 27 heavy (non-hydrogen) atoms. The van der Waals surface area contributed by atoms with Crippen molar-refractivity contribution in [1.29, 1.82) is 0 Å². The molecule has 2 aromatic rings. The molecule has 0 aliphatic carbocycles. The number of benzene rings is 2. The fourth-order valence-electron chi connectivity index (χ4n) is 3.29. The zero-order chi connectivity index (χ0) is 19.8. The average molecular weight is 370 g/mol. The average Bonchev–Trinajstić information content (AvgIpc) is 2.86. The van der Waals surface area contributed by atoms with Crippen molar-refractivity contribution in [2.75, 3.05) is 7.11 Å². The third-order valence-corrected chi connectivity index (χ3v) is 4.39. The number of carbonyl (C=O) groups excluding carboxylic acids is 2. The van der Waals surface area contributed by atoms with Gasteiger partial charge in [-0.1, -0.05) is 24.3 Å². The zero-order valence-corrected chi connectivity index (χ0v) is 15.9. The number of methoxy groups -OCH3 is 1. The number of halogens is 1. The number of hydrogen-bond acceptors (Lipinski definition) is 3. The van der Waals surface area contributed by atoms with Gasteiger partial charge in [-0.25, -0.2) is 4.39 Å². The maximum atomic E-state index is 13.7.